The molecule has 3 aliphatic heterocycles. The summed E-state index contributed by atoms with van der Waals surface area (Å²) in [5.41, 5.74) is -1.46. The van der Waals surface area contributed by atoms with Gasteiger partial charge in [-0.1, -0.05) is 62.8 Å². The van der Waals surface area contributed by atoms with Gasteiger partial charge in [0.15, 0.2) is 0 Å². The van der Waals surface area contributed by atoms with E-state index in [0.717, 1.165) is 31.2 Å². The number of ether oxygens (including phenoxy) is 2. The predicted molar refractivity (Wildman–Crippen MR) is 161 cm³/mol. The lowest BCUT2D eigenvalue weighted by Gasteiger charge is -2.41. The minimum Gasteiger partial charge on any atom is -0.465 e. The summed E-state index contributed by atoms with van der Waals surface area (Å²) in [5, 5.41) is 10.7. The van der Waals surface area contributed by atoms with E-state index in [4.69, 9.17) is 9.47 Å². The molecule has 2 amide bonds. The molecule has 1 spiro atoms. The maximum Gasteiger partial charge on any atom is 0.312 e. The summed E-state index contributed by atoms with van der Waals surface area (Å²) in [5.74, 6) is -2.89. The number of carbonyl (C=O) groups is 3. The van der Waals surface area contributed by atoms with Crippen molar-refractivity contribution in [2.45, 2.75) is 95.5 Å². The van der Waals surface area contributed by atoms with E-state index in [1.165, 1.54) is 4.90 Å². The van der Waals surface area contributed by atoms with Crippen molar-refractivity contribution in [3.8, 4) is 0 Å². The molecule has 42 heavy (non-hydrogen) atoms. The van der Waals surface area contributed by atoms with E-state index in [0.29, 0.717) is 19.4 Å². The third-order valence-electron chi connectivity index (χ3n) is 9.83. The zero-order chi connectivity index (χ0) is 30.7. The van der Waals surface area contributed by atoms with E-state index in [1.54, 1.807) is 11.0 Å². The van der Waals surface area contributed by atoms with Gasteiger partial charge in [-0.3, -0.25) is 14.4 Å². The van der Waals surface area contributed by atoms with Crippen LogP contribution in [0.4, 0.5) is 0 Å². The summed E-state index contributed by atoms with van der Waals surface area (Å²) in [7, 11) is 0. The van der Waals surface area contributed by atoms with E-state index >= 15 is 0 Å². The Morgan fingerprint density at radius 2 is 1.95 bits per heavy atom. The van der Waals surface area contributed by atoms with E-state index in [-0.39, 0.29) is 37.0 Å². The maximum atomic E-state index is 14.7. The highest BCUT2D eigenvalue weighted by Gasteiger charge is 2.81. The predicted octanol–water partition coefficient (Wildman–Crippen LogP) is 4.83. The molecular formula is C34H48N2O6. The molecule has 1 N–H and O–H groups in total. The van der Waals surface area contributed by atoms with Crippen molar-refractivity contribution in [1.82, 2.24) is 9.80 Å². The summed E-state index contributed by atoms with van der Waals surface area (Å²) in [4.78, 5) is 46.5. The third kappa shape index (κ3) is 5.32. The lowest BCUT2D eigenvalue weighted by Crippen LogP contribution is -2.58. The molecule has 1 aromatic carbocycles. The fourth-order valence-electron chi connectivity index (χ4n) is 7.69. The van der Waals surface area contributed by atoms with Crippen LogP contribution in [-0.4, -0.2) is 75.7 Å². The molecule has 230 valence electrons. The maximum absolute atomic E-state index is 14.7. The van der Waals surface area contributed by atoms with Crippen LogP contribution >= 0.6 is 0 Å². The lowest BCUT2D eigenvalue weighted by atomic mass is 9.62. The van der Waals surface area contributed by atoms with Crippen LogP contribution in [0.3, 0.4) is 0 Å². The minimum absolute atomic E-state index is 0.0969. The Hall–Kier alpha value is -2.97. The van der Waals surface area contributed by atoms with E-state index in [9.17, 15) is 19.5 Å². The van der Waals surface area contributed by atoms with Gasteiger partial charge in [-0.15, -0.1) is 13.2 Å². The Labute approximate surface area is 250 Å². The normalized spacial score (nSPS) is 31.0. The number of hydrogen-bond donors (Lipinski definition) is 1. The van der Waals surface area contributed by atoms with Crippen LogP contribution in [0.5, 0.6) is 0 Å². The molecule has 3 saturated heterocycles. The first-order valence-electron chi connectivity index (χ1n) is 15.5. The average molecular weight is 581 g/mol. The van der Waals surface area contributed by atoms with Gasteiger partial charge in [-0.25, -0.2) is 0 Å². The zero-order valence-electron chi connectivity index (χ0n) is 25.7. The fraction of sp³-hybridized carbons (Fsp3) is 0.618. The fourth-order valence-corrected chi connectivity index (χ4v) is 7.69. The second kappa shape index (κ2) is 13.1. The van der Waals surface area contributed by atoms with Crippen molar-refractivity contribution in [3.63, 3.8) is 0 Å². The summed E-state index contributed by atoms with van der Waals surface area (Å²) in [6.07, 6.45) is 8.04. The number of aliphatic hydroxyl groups excluding tert-OH is 1. The molecule has 8 atom stereocenters. The molecule has 1 aromatic rings. The Balaban J connectivity index is 1.80. The van der Waals surface area contributed by atoms with Crippen molar-refractivity contribution in [1.29, 1.82) is 0 Å². The summed E-state index contributed by atoms with van der Waals surface area (Å²) in [6, 6.07) is 7.37. The van der Waals surface area contributed by atoms with Gasteiger partial charge in [0.2, 0.25) is 11.8 Å². The van der Waals surface area contributed by atoms with Gasteiger partial charge in [-0.05, 0) is 57.4 Å². The lowest BCUT2D eigenvalue weighted by molar-refractivity contribution is -0.164. The van der Waals surface area contributed by atoms with Crippen LogP contribution in [0.25, 0.3) is 0 Å². The molecule has 2 bridgehead atoms. The number of benzene rings is 1. The van der Waals surface area contributed by atoms with Gasteiger partial charge in [0, 0.05) is 12.6 Å². The average Bonchev–Trinajstić information content (AvgIpc) is 3.49. The largest absolute Gasteiger partial charge is 0.465 e. The van der Waals surface area contributed by atoms with Crippen LogP contribution in [0.2, 0.25) is 0 Å². The second-order valence-corrected chi connectivity index (χ2v) is 12.4. The third-order valence-corrected chi connectivity index (χ3v) is 9.83. The van der Waals surface area contributed by atoms with Crippen LogP contribution in [0.15, 0.2) is 55.6 Å². The molecule has 3 heterocycles. The SMILES string of the molecule is C=CCCCCOC(=O)[C@@H]1[C@H]2C(=O)N([C@H](CO)c3ccccc3)C(C(=O)N(CC=C)C(C)CCC)C23CC(C)[C@@]1(C)O3. The van der Waals surface area contributed by atoms with Crippen LogP contribution < -0.4 is 0 Å². The van der Waals surface area contributed by atoms with Gasteiger partial charge in [0.1, 0.15) is 17.6 Å². The molecule has 0 aromatic heterocycles. The molecule has 4 unspecified atom stereocenters. The van der Waals surface area contributed by atoms with Gasteiger partial charge >= 0.3 is 5.97 Å². The highest BCUT2D eigenvalue weighted by atomic mass is 16.6. The molecule has 3 fully saturated rings. The number of carbonyl (C=O) groups excluding carboxylic acids is 3. The first-order valence-corrected chi connectivity index (χ1v) is 15.5. The van der Waals surface area contributed by atoms with Crippen LogP contribution in [0.1, 0.15) is 77.8 Å². The Morgan fingerprint density at radius 3 is 2.57 bits per heavy atom. The molecule has 8 nitrogen and oxygen atoms in total. The molecular weight excluding hydrogens is 532 g/mol. The van der Waals surface area contributed by atoms with Gasteiger partial charge in [0.05, 0.1) is 30.8 Å². The number of fused-ring (bicyclic) bond motifs is 1. The van der Waals surface area contributed by atoms with Crippen molar-refractivity contribution in [2.24, 2.45) is 17.8 Å². The highest BCUT2D eigenvalue weighted by Crippen LogP contribution is 2.66. The second-order valence-electron chi connectivity index (χ2n) is 12.4. The monoisotopic (exact) mass is 580 g/mol. The molecule has 0 aliphatic carbocycles. The number of unbranched alkanes of at least 4 members (excludes halogenated alkanes) is 2. The van der Waals surface area contributed by atoms with Gasteiger partial charge in [0.25, 0.3) is 0 Å². The van der Waals surface area contributed by atoms with E-state index in [2.05, 4.69) is 20.1 Å². The number of rotatable bonds is 15. The summed E-state index contributed by atoms with van der Waals surface area (Å²) in [6.45, 7) is 15.8. The zero-order valence-corrected chi connectivity index (χ0v) is 25.7. The van der Waals surface area contributed by atoms with Crippen molar-refractivity contribution in [2.75, 3.05) is 19.8 Å². The molecule has 0 radical (unpaired) electrons. The van der Waals surface area contributed by atoms with Gasteiger partial charge in [-0.2, -0.15) is 0 Å². The van der Waals surface area contributed by atoms with Crippen molar-refractivity contribution < 1.29 is 29.0 Å². The number of aliphatic hydroxyl groups is 1. The quantitative estimate of drug-likeness (QED) is 0.181. The van der Waals surface area contributed by atoms with Crippen LogP contribution in [0, 0.1) is 17.8 Å². The topological polar surface area (TPSA) is 96.4 Å². The van der Waals surface area contributed by atoms with Crippen molar-refractivity contribution >= 4 is 17.8 Å². The number of hydrogen-bond acceptors (Lipinski definition) is 6. The molecule has 4 rings (SSSR count). The molecule has 0 saturated carbocycles. The molecule has 8 heteroatoms. The smallest absolute Gasteiger partial charge is 0.312 e. The number of nitrogens with zero attached hydrogens (tertiary/aromatic N) is 2. The first kappa shape index (κ1) is 32.0. The minimum atomic E-state index is -1.22. The Morgan fingerprint density at radius 1 is 1.24 bits per heavy atom. The standard InChI is InChI=1S/C34H48N2O6/c1-7-10-11-15-20-41-32(40)28-27-30(38)36(26(22-37)25-17-13-12-14-18-25)29(34(27)21-23(4)33(28,6)42-34)31(39)35(19-9-3)24(5)16-8-2/h7,9,12-14,17-18,23-24,26-29,37H,1,3,8,10-11,15-16,19-22H2,2,4-6H3/t23?,24?,26-,27+,28+,29?,33-,34?/m1/s1. The highest BCUT2D eigenvalue weighted by molar-refractivity contribution is 5.99. The molecule has 3 aliphatic rings. The van der Waals surface area contributed by atoms with E-state index in [1.807, 2.05) is 57.2 Å². The number of likely N-dealkylation sites (tertiary alicyclic amines) is 1. The number of allylic oxidation sites excluding steroid dienone is 1. The van der Waals surface area contributed by atoms with Crippen LogP contribution in [-0.2, 0) is 23.9 Å². The number of amides is 2. The van der Waals surface area contributed by atoms with Gasteiger partial charge < -0.3 is 24.4 Å². The summed E-state index contributed by atoms with van der Waals surface area (Å²) >= 11 is 0. The first-order chi connectivity index (χ1) is 20.1. The Bertz CT molecular complexity index is 1160. The Kier molecular flexibility index (Phi) is 9.99. The van der Waals surface area contributed by atoms with E-state index < -0.39 is 41.1 Å². The number of esters is 1. The summed E-state index contributed by atoms with van der Waals surface area (Å²) < 4.78 is 12.6. The van der Waals surface area contributed by atoms with Crippen molar-refractivity contribution in [3.05, 3.63) is 61.2 Å².